The molecule has 2 fully saturated rings. The van der Waals surface area contributed by atoms with Gasteiger partial charge >= 0.3 is 0 Å². The highest BCUT2D eigenvalue weighted by Crippen LogP contribution is 2.34. The van der Waals surface area contributed by atoms with Crippen LogP contribution >= 0.6 is 0 Å². The summed E-state index contributed by atoms with van der Waals surface area (Å²) in [6, 6.07) is 9.55. The third-order valence-corrected chi connectivity index (χ3v) is 4.42. The van der Waals surface area contributed by atoms with Crippen LogP contribution in [-0.2, 0) is 4.79 Å². The number of hydrogen-bond acceptors (Lipinski definition) is 2. The predicted molar refractivity (Wildman–Crippen MR) is 72.8 cm³/mol. The summed E-state index contributed by atoms with van der Waals surface area (Å²) in [7, 11) is 0. The van der Waals surface area contributed by atoms with Crippen LogP contribution in [0.4, 0.5) is 0 Å². The first-order valence-electron chi connectivity index (χ1n) is 7.16. The fraction of sp³-hybridized carbons (Fsp3) is 0.500. The molecule has 0 radical (unpaired) electrons. The van der Waals surface area contributed by atoms with Crippen molar-refractivity contribution in [3.05, 3.63) is 35.9 Å². The maximum Gasteiger partial charge on any atom is 0.254 e. The molecule has 100 valence electrons. The average molecular weight is 257 g/mol. The molecule has 19 heavy (non-hydrogen) atoms. The van der Waals surface area contributed by atoms with Crippen LogP contribution in [0.5, 0.6) is 0 Å². The first-order chi connectivity index (χ1) is 9.27. The van der Waals surface area contributed by atoms with Crippen molar-refractivity contribution in [3.63, 3.8) is 0 Å². The van der Waals surface area contributed by atoms with Gasteiger partial charge in [0.15, 0.2) is 0 Å². The zero-order chi connectivity index (χ0) is 13.2. The zero-order valence-electron chi connectivity index (χ0n) is 11.0. The standard InChI is InChI=1S/C16H19NO2/c18-15-10-11-17(14-9-5-4-8-13(14)15)16(19)12-6-2-1-3-7-12/h1-3,6-7,13-14H,4-5,8-11H2/t13-,14-/m1/s1. The van der Waals surface area contributed by atoms with E-state index in [1.807, 2.05) is 35.2 Å². The molecule has 0 aromatic heterocycles. The number of ketones is 1. The minimum absolute atomic E-state index is 0.0880. The quantitative estimate of drug-likeness (QED) is 0.775. The maximum atomic E-state index is 12.6. The van der Waals surface area contributed by atoms with E-state index in [4.69, 9.17) is 0 Å². The number of carbonyl (C=O) groups excluding carboxylic acids is 2. The molecule has 0 unspecified atom stereocenters. The molecule has 1 aliphatic carbocycles. The molecular formula is C16H19NO2. The molecule has 2 aliphatic rings. The summed E-state index contributed by atoms with van der Waals surface area (Å²) in [4.78, 5) is 26.5. The monoisotopic (exact) mass is 257 g/mol. The highest BCUT2D eigenvalue weighted by atomic mass is 16.2. The van der Waals surface area contributed by atoms with Gasteiger partial charge in [-0.1, -0.05) is 31.0 Å². The van der Waals surface area contributed by atoms with E-state index in [0.717, 1.165) is 31.2 Å². The van der Waals surface area contributed by atoms with Crippen LogP contribution in [0.2, 0.25) is 0 Å². The number of nitrogens with zero attached hydrogens (tertiary/aromatic N) is 1. The van der Waals surface area contributed by atoms with Crippen LogP contribution in [0.1, 0.15) is 42.5 Å². The summed E-state index contributed by atoms with van der Waals surface area (Å²) >= 11 is 0. The third-order valence-electron chi connectivity index (χ3n) is 4.42. The molecule has 1 amide bonds. The second-order valence-corrected chi connectivity index (χ2v) is 5.54. The van der Waals surface area contributed by atoms with Crippen LogP contribution < -0.4 is 0 Å². The van der Waals surface area contributed by atoms with Crippen molar-refractivity contribution in [1.82, 2.24) is 4.90 Å². The fourth-order valence-electron chi connectivity index (χ4n) is 3.44. The van der Waals surface area contributed by atoms with Crippen molar-refractivity contribution in [3.8, 4) is 0 Å². The van der Waals surface area contributed by atoms with Gasteiger partial charge in [-0.25, -0.2) is 0 Å². The lowest BCUT2D eigenvalue weighted by Crippen LogP contribution is -2.53. The number of hydrogen-bond donors (Lipinski definition) is 0. The van der Waals surface area contributed by atoms with Crippen LogP contribution in [0.25, 0.3) is 0 Å². The van der Waals surface area contributed by atoms with Gasteiger partial charge in [-0.3, -0.25) is 9.59 Å². The second-order valence-electron chi connectivity index (χ2n) is 5.54. The van der Waals surface area contributed by atoms with E-state index >= 15 is 0 Å². The molecule has 0 N–H and O–H groups in total. The zero-order valence-corrected chi connectivity index (χ0v) is 11.0. The summed E-state index contributed by atoms with van der Waals surface area (Å²) in [5, 5.41) is 0. The lowest BCUT2D eigenvalue weighted by atomic mass is 9.77. The van der Waals surface area contributed by atoms with Crippen LogP contribution in [0.15, 0.2) is 30.3 Å². The van der Waals surface area contributed by atoms with Crippen molar-refractivity contribution in [2.45, 2.75) is 38.1 Å². The third kappa shape index (κ3) is 2.29. The number of amides is 1. The Labute approximate surface area is 113 Å². The summed E-state index contributed by atoms with van der Waals surface area (Å²) in [5.74, 6) is 0.543. The highest BCUT2D eigenvalue weighted by molar-refractivity contribution is 5.96. The molecule has 1 saturated carbocycles. The van der Waals surface area contributed by atoms with E-state index in [-0.39, 0.29) is 17.9 Å². The molecule has 0 bridgehead atoms. The largest absolute Gasteiger partial charge is 0.334 e. The molecule has 3 nitrogen and oxygen atoms in total. The van der Waals surface area contributed by atoms with Crippen LogP contribution in [-0.4, -0.2) is 29.2 Å². The lowest BCUT2D eigenvalue weighted by molar-refractivity contribution is -0.129. The van der Waals surface area contributed by atoms with E-state index in [2.05, 4.69) is 0 Å². The van der Waals surface area contributed by atoms with Gasteiger partial charge < -0.3 is 4.90 Å². The molecule has 1 aliphatic heterocycles. The van der Waals surface area contributed by atoms with Gasteiger partial charge in [-0.15, -0.1) is 0 Å². The van der Waals surface area contributed by atoms with Crippen molar-refractivity contribution >= 4 is 11.7 Å². The Morgan fingerprint density at radius 3 is 2.63 bits per heavy atom. The van der Waals surface area contributed by atoms with E-state index in [0.29, 0.717) is 18.7 Å². The van der Waals surface area contributed by atoms with Gasteiger partial charge in [0, 0.05) is 30.5 Å². The average Bonchev–Trinajstić information content (AvgIpc) is 2.48. The molecule has 1 heterocycles. The molecule has 3 rings (SSSR count). The van der Waals surface area contributed by atoms with Gasteiger partial charge in [0.05, 0.1) is 0 Å². The lowest BCUT2D eigenvalue weighted by Gasteiger charge is -2.43. The van der Waals surface area contributed by atoms with Crippen LogP contribution in [0.3, 0.4) is 0 Å². The van der Waals surface area contributed by atoms with Gasteiger partial charge in [-0.05, 0) is 25.0 Å². The summed E-state index contributed by atoms with van der Waals surface area (Å²) in [6.07, 6.45) is 4.73. The topological polar surface area (TPSA) is 37.4 Å². The molecule has 0 spiro atoms. The SMILES string of the molecule is O=C1CCN(C(=O)c2ccccc2)[C@@H]2CCCC[C@@H]12. The minimum Gasteiger partial charge on any atom is -0.334 e. The number of piperidine rings is 1. The Hall–Kier alpha value is -1.64. The van der Waals surface area contributed by atoms with Gasteiger partial charge in [0.25, 0.3) is 5.91 Å². The summed E-state index contributed by atoms with van der Waals surface area (Å²) in [5.41, 5.74) is 0.737. The number of likely N-dealkylation sites (tertiary alicyclic amines) is 1. The predicted octanol–water partition coefficient (Wildman–Crippen LogP) is 2.66. The molecule has 3 heteroatoms. The van der Waals surface area contributed by atoms with Crippen LogP contribution in [0, 0.1) is 5.92 Å². The van der Waals surface area contributed by atoms with Gasteiger partial charge in [0.2, 0.25) is 0 Å². The number of rotatable bonds is 1. The first kappa shape index (κ1) is 12.4. The molecule has 1 aromatic rings. The van der Waals surface area contributed by atoms with Crippen molar-refractivity contribution in [1.29, 1.82) is 0 Å². The minimum atomic E-state index is 0.0880. The number of carbonyl (C=O) groups is 2. The van der Waals surface area contributed by atoms with Crippen molar-refractivity contribution < 1.29 is 9.59 Å². The Morgan fingerprint density at radius 2 is 1.84 bits per heavy atom. The Morgan fingerprint density at radius 1 is 1.11 bits per heavy atom. The number of Topliss-reactive ketones (excluding diaryl/α,β-unsaturated/α-hetero) is 1. The molecular weight excluding hydrogens is 238 g/mol. The summed E-state index contributed by atoms with van der Waals surface area (Å²) in [6.45, 7) is 0.591. The molecule has 1 saturated heterocycles. The van der Waals surface area contributed by atoms with E-state index in [9.17, 15) is 9.59 Å². The summed E-state index contributed by atoms with van der Waals surface area (Å²) < 4.78 is 0. The highest BCUT2D eigenvalue weighted by Gasteiger charge is 2.40. The van der Waals surface area contributed by atoms with E-state index in [1.165, 1.54) is 0 Å². The van der Waals surface area contributed by atoms with Gasteiger partial charge in [0.1, 0.15) is 5.78 Å². The van der Waals surface area contributed by atoms with E-state index < -0.39 is 0 Å². The Kier molecular flexibility index (Phi) is 3.36. The van der Waals surface area contributed by atoms with Gasteiger partial charge in [-0.2, -0.15) is 0 Å². The normalized spacial score (nSPS) is 26.9. The fourth-order valence-corrected chi connectivity index (χ4v) is 3.44. The Balaban J connectivity index is 1.84. The Bertz CT molecular complexity index is 483. The maximum absolute atomic E-state index is 12.6. The van der Waals surface area contributed by atoms with E-state index in [1.54, 1.807) is 0 Å². The first-order valence-corrected chi connectivity index (χ1v) is 7.16. The smallest absolute Gasteiger partial charge is 0.254 e. The molecule has 1 aromatic carbocycles. The van der Waals surface area contributed by atoms with Crippen molar-refractivity contribution in [2.75, 3.05) is 6.54 Å². The number of benzene rings is 1. The molecule has 2 atom stereocenters. The number of fused-ring (bicyclic) bond motifs is 1. The second kappa shape index (κ2) is 5.16. The van der Waals surface area contributed by atoms with Crippen molar-refractivity contribution in [2.24, 2.45) is 5.92 Å².